The zero-order valence-electron chi connectivity index (χ0n) is 11.5. The number of amides is 1. The third-order valence-corrected chi connectivity index (χ3v) is 3.23. The van der Waals surface area contributed by atoms with Gasteiger partial charge in [-0.1, -0.05) is 48.9 Å². The molecule has 0 aliphatic rings. The number of nitrogens with one attached hydrogen (secondary N) is 1. The van der Waals surface area contributed by atoms with Crippen molar-refractivity contribution in [3.8, 4) is 5.75 Å². The van der Waals surface area contributed by atoms with Gasteiger partial charge in [0.05, 0.1) is 5.56 Å². The van der Waals surface area contributed by atoms with Crippen LogP contribution in [0.3, 0.4) is 0 Å². The highest BCUT2D eigenvalue weighted by atomic mass is 35.5. The van der Waals surface area contributed by atoms with Gasteiger partial charge >= 0.3 is 0 Å². The number of hydrogen-bond donors (Lipinski definition) is 2. The van der Waals surface area contributed by atoms with Gasteiger partial charge in [0.15, 0.2) is 0 Å². The predicted octanol–water partition coefficient (Wildman–Crippen LogP) is 3.56. The van der Waals surface area contributed by atoms with E-state index < -0.39 is 5.91 Å². The molecule has 0 saturated carbocycles. The van der Waals surface area contributed by atoms with E-state index in [-0.39, 0.29) is 17.2 Å². The molecule has 2 aromatic carbocycles. The van der Waals surface area contributed by atoms with E-state index in [4.69, 9.17) is 11.6 Å². The van der Waals surface area contributed by atoms with Crippen molar-refractivity contribution in [2.45, 2.75) is 12.8 Å². The van der Waals surface area contributed by atoms with Crippen molar-refractivity contribution < 1.29 is 9.90 Å². The maximum atomic E-state index is 11.9. The van der Waals surface area contributed by atoms with Crippen molar-refractivity contribution in [1.82, 2.24) is 5.43 Å². The summed E-state index contributed by atoms with van der Waals surface area (Å²) in [6.45, 7) is 1.97. The van der Waals surface area contributed by atoms with E-state index in [0.29, 0.717) is 5.02 Å². The zero-order chi connectivity index (χ0) is 15.2. The second-order valence-corrected chi connectivity index (χ2v) is 5.02. The molecule has 0 aromatic heterocycles. The van der Waals surface area contributed by atoms with Crippen LogP contribution in [0.25, 0.3) is 0 Å². The van der Waals surface area contributed by atoms with Crippen LogP contribution < -0.4 is 5.43 Å². The number of halogens is 1. The largest absolute Gasteiger partial charge is 0.507 e. The highest BCUT2D eigenvalue weighted by Gasteiger charge is 2.11. The Kier molecular flexibility index (Phi) is 4.95. The van der Waals surface area contributed by atoms with Crippen LogP contribution in [0.4, 0.5) is 0 Å². The first-order valence-corrected chi connectivity index (χ1v) is 6.82. The Morgan fingerprint density at radius 2 is 2.00 bits per heavy atom. The first-order chi connectivity index (χ1) is 10.1. The quantitative estimate of drug-likeness (QED) is 0.670. The molecule has 0 spiro atoms. The Hall–Kier alpha value is -2.33. The Morgan fingerprint density at radius 3 is 2.71 bits per heavy atom. The first kappa shape index (κ1) is 15.1. The number of hydrogen-bond acceptors (Lipinski definition) is 3. The van der Waals surface area contributed by atoms with Crippen LogP contribution >= 0.6 is 11.6 Å². The van der Waals surface area contributed by atoms with E-state index in [1.54, 1.807) is 6.21 Å². The molecule has 0 heterocycles. The number of hydrazone groups is 1. The summed E-state index contributed by atoms with van der Waals surface area (Å²) in [6, 6.07) is 14.1. The first-order valence-electron chi connectivity index (χ1n) is 6.45. The van der Waals surface area contributed by atoms with Gasteiger partial charge in [-0.25, -0.2) is 5.43 Å². The van der Waals surface area contributed by atoms with E-state index in [0.717, 1.165) is 5.56 Å². The van der Waals surface area contributed by atoms with Gasteiger partial charge in [-0.2, -0.15) is 5.10 Å². The Balaban J connectivity index is 2.01. The van der Waals surface area contributed by atoms with Crippen LogP contribution in [0.2, 0.25) is 5.02 Å². The lowest BCUT2D eigenvalue weighted by molar-refractivity contribution is 0.0952. The number of carbonyl (C=O) groups excluding carboxylic acids is 1. The zero-order valence-corrected chi connectivity index (χ0v) is 12.2. The minimum atomic E-state index is -0.508. The fraction of sp³-hybridized carbons (Fsp3) is 0.125. The minimum Gasteiger partial charge on any atom is -0.507 e. The summed E-state index contributed by atoms with van der Waals surface area (Å²) in [4.78, 5) is 11.9. The van der Waals surface area contributed by atoms with E-state index in [1.165, 1.54) is 18.2 Å². The number of benzene rings is 2. The molecule has 21 heavy (non-hydrogen) atoms. The molecule has 2 aromatic rings. The van der Waals surface area contributed by atoms with Gasteiger partial charge in [-0.15, -0.1) is 0 Å². The summed E-state index contributed by atoms with van der Waals surface area (Å²) in [7, 11) is 0. The van der Waals surface area contributed by atoms with Crippen molar-refractivity contribution in [2.75, 3.05) is 0 Å². The molecule has 4 nitrogen and oxygen atoms in total. The SMILES string of the molecule is CC(C=NNC(=O)c1cc(Cl)ccc1O)c1ccccc1. The third kappa shape index (κ3) is 4.07. The van der Waals surface area contributed by atoms with Crippen LogP contribution in [0.1, 0.15) is 28.8 Å². The summed E-state index contributed by atoms with van der Waals surface area (Å²) in [6.07, 6.45) is 1.63. The monoisotopic (exact) mass is 302 g/mol. The smallest absolute Gasteiger partial charge is 0.275 e. The molecule has 0 aliphatic heterocycles. The van der Waals surface area contributed by atoms with Crippen molar-refractivity contribution in [1.29, 1.82) is 0 Å². The van der Waals surface area contributed by atoms with Crippen LogP contribution in [-0.2, 0) is 0 Å². The molecule has 108 valence electrons. The van der Waals surface area contributed by atoms with E-state index in [1.807, 2.05) is 37.3 Å². The molecule has 1 atom stereocenters. The molecule has 0 bridgehead atoms. The van der Waals surface area contributed by atoms with Crippen LogP contribution in [-0.4, -0.2) is 17.2 Å². The Bertz CT molecular complexity index is 657. The van der Waals surface area contributed by atoms with Crippen molar-refractivity contribution in [3.05, 3.63) is 64.7 Å². The number of phenols is 1. The number of carbonyl (C=O) groups is 1. The second-order valence-electron chi connectivity index (χ2n) is 4.58. The predicted molar refractivity (Wildman–Crippen MR) is 83.9 cm³/mol. The molecule has 0 saturated heterocycles. The summed E-state index contributed by atoms with van der Waals surface area (Å²) in [5.41, 5.74) is 3.57. The summed E-state index contributed by atoms with van der Waals surface area (Å²) in [5.74, 6) is -0.575. The molecule has 2 rings (SSSR count). The van der Waals surface area contributed by atoms with Gasteiger partial charge in [0.1, 0.15) is 5.75 Å². The average molecular weight is 303 g/mol. The third-order valence-electron chi connectivity index (χ3n) is 2.99. The van der Waals surface area contributed by atoms with Gasteiger partial charge in [-0.3, -0.25) is 4.79 Å². The van der Waals surface area contributed by atoms with Crippen LogP contribution in [0, 0.1) is 0 Å². The van der Waals surface area contributed by atoms with Crippen molar-refractivity contribution in [2.24, 2.45) is 5.10 Å². The maximum absolute atomic E-state index is 11.9. The lowest BCUT2D eigenvalue weighted by Crippen LogP contribution is -2.18. The topological polar surface area (TPSA) is 61.7 Å². The summed E-state index contributed by atoms with van der Waals surface area (Å²) >= 11 is 5.80. The molecule has 0 fully saturated rings. The molecular formula is C16H15ClN2O2. The van der Waals surface area contributed by atoms with Gasteiger partial charge in [0.25, 0.3) is 5.91 Å². The van der Waals surface area contributed by atoms with Crippen molar-refractivity contribution in [3.63, 3.8) is 0 Å². The molecule has 1 amide bonds. The normalized spacial score (nSPS) is 12.3. The van der Waals surface area contributed by atoms with Gasteiger partial charge in [0, 0.05) is 17.2 Å². The summed E-state index contributed by atoms with van der Waals surface area (Å²) in [5, 5.41) is 13.9. The van der Waals surface area contributed by atoms with E-state index >= 15 is 0 Å². The molecule has 2 N–H and O–H groups in total. The lowest BCUT2D eigenvalue weighted by atomic mass is 10.0. The van der Waals surface area contributed by atoms with E-state index in [9.17, 15) is 9.90 Å². The van der Waals surface area contributed by atoms with Crippen LogP contribution in [0.15, 0.2) is 53.6 Å². The molecule has 1 unspecified atom stereocenters. The molecule has 5 heteroatoms. The highest BCUT2D eigenvalue weighted by Crippen LogP contribution is 2.21. The molecular weight excluding hydrogens is 288 g/mol. The highest BCUT2D eigenvalue weighted by molar-refractivity contribution is 6.31. The maximum Gasteiger partial charge on any atom is 0.275 e. The number of rotatable bonds is 4. The van der Waals surface area contributed by atoms with Gasteiger partial charge < -0.3 is 5.11 Å². The minimum absolute atomic E-state index is 0.0689. The number of nitrogens with zero attached hydrogens (tertiary/aromatic N) is 1. The van der Waals surface area contributed by atoms with Crippen LogP contribution in [0.5, 0.6) is 5.75 Å². The number of aromatic hydroxyl groups is 1. The fourth-order valence-electron chi connectivity index (χ4n) is 1.80. The van der Waals surface area contributed by atoms with Gasteiger partial charge in [-0.05, 0) is 23.8 Å². The van der Waals surface area contributed by atoms with Gasteiger partial charge in [0.2, 0.25) is 0 Å². The fourth-order valence-corrected chi connectivity index (χ4v) is 1.97. The lowest BCUT2D eigenvalue weighted by Gasteiger charge is -2.06. The molecule has 0 radical (unpaired) electrons. The standard InChI is InChI=1S/C16H15ClN2O2/c1-11(12-5-3-2-4-6-12)10-18-19-16(21)14-9-13(17)7-8-15(14)20/h2-11,20H,1H3,(H,19,21). The van der Waals surface area contributed by atoms with Crippen molar-refractivity contribution >= 4 is 23.7 Å². The number of phenolic OH excluding ortho intramolecular Hbond substituents is 1. The molecule has 0 aliphatic carbocycles. The second kappa shape index (κ2) is 6.90. The Morgan fingerprint density at radius 1 is 1.29 bits per heavy atom. The summed E-state index contributed by atoms with van der Waals surface area (Å²) < 4.78 is 0. The average Bonchev–Trinajstić information content (AvgIpc) is 2.50. The Labute approximate surface area is 128 Å². The van der Waals surface area contributed by atoms with E-state index in [2.05, 4.69) is 10.5 Å².